The number of rotatable bonds is 7. The normalized spacial score (nSPS) is 12.5. The van der Waals surface area contributed by atoms with Crippen molar-refractivity contribution in [1.82, 2.24) is 15.5 Å². The van der Waals surface area contributed by atoms with Crippen molar-refractivity contribution < 1.29 is 0 Å². The average molecular weight is 257 g/mol. The molecule has 2 rings (SSSR count). The zero-order valence-electron chi connectivity index (χ0n) is 11.8. The summed E-state index contributed by atoms with van der Waals surface area (Å²) < 4.78 is 0. The lowest BCUT2D eigenvalue weighted by molar-refractivity contribution is 0.476. The monoisotopic (exact) mass is 257 g/mol. The van der Waals surface area contributed by atoms with Crippen molar-refractivity contribution >= 4 is 0 Å². The minimum absolute atomic E-state index is 0.759. The highest BCUT2D eigenvalue weighted by Crippen LogP contribution is 2.16. The van der Waals surface area contributed by atoms with E-state index in [0.717, 1.165) is 24.7 Å². The molecule has 0 aliphatic rings. The van der Waals surface area contributed by atoms with Crippen LogP contribution in [0.4, 0.5) is 0 Å². The summed E-state index contributed by atoms with van der Waals surface area (Å²) in [7, 11) is 0. The summed E-state index contributed by atoms with van der Waals surface area (Å²) in [5.41, 5.74) is 3.57. The molecular formula is C16H23N3. The molecule has 0 spiro atoms. The van der Waals surface area contributed by atoms with E-state index < -0.39 is 0 Å². The third kappa shape index (κ3) is 4.21. The zero-order chi connectivity index (χ0) is 13.5. The number of aromatic amines is 1. The summed E-state index contributed by atoms with van der Waals surface area (Å²) in [6.45, 7) is 6.58. The van der Waals surface area contributed by atoms with Gasteiger partial charge in [-0.25, -0.2) is 0 Å². The van der Waals surface area contributed by atoms with Crippen LogP contribution in [0.3, 0.4) is 0 Å². The van der Waals surface area contributed by atoms with Crippen LogP contribution in [-0.2, 0) is 6.54 Å². The molecule has 1 atom stereocenters. The predicted molar refractivity (Wildman–Crippen MR) is 79.8 cm³/mol. The van der Waals surface area contributed by atoms with Crippen molar-refractivity contribution in [3.05, 3.63) is 42.1 Å². The molecule has 1 aromatic carbocycles. The number of H-pyrrole nitrogens is 1. The standard InChI is InChI=1S/C16H23N3/c1-3-4-13(2)11-17-12-14-5-7-15(8-6-14)16-9-10-18-19-16/h5-10,13,17H,3-4,11-12H2,1-2H3,(H,18,19). The number of nitrogens with one attached hydrogen (secondary N) is 2. The lowest BCUT2D eigenvalue weighted by Gasteiger charge is -2.11. The minimum atomic E-state index is 0.759. The van der Waals surface area contributed by atoms with Gasteiger partial charge in [-0.1, -0.05) is 44.5 Å². The first-order chi connectivity index (χ1) is 9.29. The smallest absolute Gasteiger partial charge is 0.0650 e. The molecule has 0 saturated carbocycles. The highest BCUT2D eigenvalue weighted by molar-refractivity contribution is 5.58. The molecule has 3 nitrogen and oxygen atoms in total. The molecular weight excluding hydrogens is 234 g/mol. The molecule has 0 aliphatic carbocycles. The van der Waals surface area contributed by atoms with Crippen molar-refractivity contribution in [2.24, 2.45) is 5.92 Å². The lowest BCUT2D eigenvalue weighted by Crippen LogP contribution is -2.20. The Hall–Kier alpha value is -1.61. The molecule has 0 radical (unpaired) electrons. The summed E-state index contributed by atoms with van der Waals surface area (Å²) in [6, 6.07) is 10.6. The van der Waals surface area contributed by atoms with E-state index >= 15 is 0 Å². The Labute approximate surface area is 115 Å². The van der Waals surface area contributed by atoms with Gasteiger partial charge < -0.3 is 5.32 Å². The van der Waals surface area contributed by atoms with Gasteiger partial charge in [0.05, 0.1) is 5.69 Å². The number of aromatic nitrogens is 2. The van der Waals surface area contributed by atoms with Crippen LogP contribution in [0.5, 0.6) is 0 Å². The van der Waals surface area contributed by atoms with Crippen LogP contribution in [0, 0.1) is 5.92 Å². The van der Waals surface area contributed by atoms with Crippen LogP contribution >= 0.6 is 0 Å². The number of hydrogen-bond acceptors (Lipinski definition) is 2. The summed E-state index contributed by atoms with van der Waals surface area (Å²) in [5, 5.41) is 10.5. The molecule has 0 bridgehead atoms. The van der Waals surface area contributed by atoms with Gasteiger partial charge in [0.2, 0.25) is 0 Å². The van der Waals surface area contributed by atoms with Gasteiger partial charge >= 0.3 is 0 Å². The second-order valence-electron chi connectivity index (χ2n) is 5.19. The first kappa shape index (κ1) is 13.8. The van der Waals surface area contributed by atoms with Crippen LogP contribution in [0.1, 0.15) is 32.3 Å². The van der Waals surface area contributed by atoms with E-state index in [2.05, 4.69) is 53.6 Å². The summed E-state index contributed by atoms with van der Waals surface area (Å²) >= 11 is 0. The molecule has 0 amide bonds. The Balaban J connectivity index is 1.82. The molecule has 1 heterocycles. The number of hydrogen-bond donors (Lipinski definition) is 2. The van der Waals surface area contributed by atoms with Crippen LogP contribution in [0.2, 0.25) is 0 Å². The summed E-state index contributed by atoms with van der Waals surface area (Å²) in [4.78, 5) is 0. The van der Waals surface area contributed by atoms with E-state index in [0.29, 0.717) is 0 Å². The average Bonchev–Trinajstić information content (AvgIpc) is 2.94. The van der Waals surface area contributed by atoms with Gasteiger partial charge in [-0.2, -0.15) is 5.10 Å². The Kier molecular flexibility index (Phi) is 5.16. The molecule has 2 N–H and O–H groups in total. The third-order valence-electron chi connectivity index (χ3n) is 3.37. The van der Waals surface area contributed by atoms with Crippen LogP contribution in [0.15, 0.2) is 36.5 Å². The van der Waals surface area contributed by atoms with E-state index in [-0.39, 0.29) is 0 Å². The summed E-state index contributed by atoms with van der Waals surface area (Å²) in [5.74, 6) is 0.759. The largest absolute Gasteiger partial charge is 0.312 e. The van der Waals surface area contributed by atoms with Crippen molar-refractivity contribution in [3.8, 4) is 11.3 Å². The lowest BCUT2D eigenvalue weighted by atomic mass is 10.1. The SMILES string of the molecule is CCCC(C)CNCc1ccc(-c2ccn[nH]2)cc1. The van der Waals surface area contributed by atoms with Gasteiger partial charge in [-0.15, -0.1) is 0 Å². The van der Waals surface area contributed by atoms with E-state index in [4.69, 9.17) is 0 Å². The van der Waals surface area contributed by atoms with Crippen molar-refractivity contribution in [2.75, 3.05) is 6.54 Å². The minimum Gasteiger partial charge on any atom is -0.312 e. The Morgan fingerprint density at radius 2 is 2.00 bits per heavy atom. The number of nitrogens with zero attached hydrogens (tertiary/aromatic N) is 1. The second kappa shape index (κ2) is 7.10. The van der Waals surface area contributed by atoms with Gasteiger partial charge in [0.25, 0.3) is 0 Å². The van der Waals surface area contributed by atoms with E-state index in [1.807, 2.05) is 6.07 Å². The fourth-order valence-corrected chi connectivity index (χ4v) is 2.28. The fourth-order valence-electron chi connectivity index (χ4n) is 2.28. The highest BCUT2D eigenvalue weighted by Gasteiger charge is 2.01. The van der Waals surface area contributed by atoms with Gasteiger partial charge in [-0.3, -0.25) is 5.10 Å². The molecule has 0 saturated heterocycles. The Morgan fingerprint density at radius 3 is 2.63 bits per heavy atom. The molecule has 0 fully saturated rings. The van der Waals surface area contributed by atoms with Crippen LogP contribution in [0.25, 0.3) is 11.3 Å². The molecule has 0 aliphatic heterocycles. The van der Waals surface area contributed by atoms with Crippen LogP contribution < -0.4 is 5.32 Å². The number of benzene rings is 1. The molecule has 102 valence electrons. The molecule has 19 heavy (non-hydrogen) atoms. The van der Waals surface area contributed by atoms with Gasteiger partial charge in [0.1, 0.15) is 0 Å². The van der Waals surface area contributed by atoms with Gasteiger partial charge in [-0.05, 0) is 36.1 Å². The Bertz CT molecular complexity index is 459. The first-order valence-corrected chi connectivity index (χ1v) is 7.09. The first-order valence-electron chi connectivity index (χ1n) is 7.09. The van der Waals surface area contributed by atoms with E-state index in [1.54, 1.807) is 6.20 Å². The highest BCUT2D eigenvalue weighted by atomic mass is 15.1. The maximum atomic E-state index is 3.97. The molecule has 1 unspecified atom stereocenters. The van der Waals surface area contributed by atoms with E-state index in [1.165, 1.54) is 24.0 Å². The van der Waals surface area contributed by atoms with Crippen LogP contribution in [-0.4, -0.2) is 16.7 Å². The predicted octanol–water partition coefficient (Wildman–Crippen LogP) is 3.60. The fraction of sp³-hybridized carbons (Fsp3) is 0.438. The maximum absolute atomic E-state index is 3.97. The third-order valence-corrected chi connectivity index (χ3v) is 3.37. The zero-order valence-corrected chi connectivity index (χ0v) is 11.8. The van der Waals surface area contributed by atoms with Gasteiger partial charge in [0.15, 0.2) is 0 Å². The molecule has 1 aromatic heterocycles. The maximum Gasteiger partial charge on any atom is 0.0650 e. The molecule has 2 aromatic rings. The summed E-state index contributed by atoms with van der Waals surface area (Å²) in [6.07, 6.45) is 4.34. The molecule has 3 heteroatoms. The second-order valence-corrected chi connectivity index (χ2v) is 5.19. The van der Waals surface area contributed by atoms with Crippen molar-refractivity contribution in [3.63, 3.8) is 0 Å². The Morgan fingerprint density at radius 1 is 1.21 bits per heavy atom. The van der Waals surface area contributed by atoms with Gasteiger partial charge in [0, 0.05) is 12.7 Å². The quantitative estimate of drug-likeness (QED) is 0.795. The van der Waals surface area contributed by atoms with E-state index in [9.17, 15) is 0 Å². The van der Waals surface area contributed by atoms with Crippen molar-refractivity contribution in [1.29, 1.82) is 0 Å². The topological polar surface area (TPSA) is 40.7 Å². The van der Waals surface area contributed by atoms with Crippen molar-refractivity contribution in [2.45, 2.75) is 33.2 Å².